The van der Waals surface area contributed by atoms with Gasteiger partial charge in [0.15, 0.2) is 0 Å². The normalized spacial score (nSPS) is 26.9. The van der Waals surface area contributed by atoms with E-state index < -0.39 is 0 Å². The van der Waals surface area contributed by atoms with E-state index in [1.54, 1.807) is 6.92 Å². The zero-order valence-corrected chi connectivity index (χ0v) is 8.90. The highest BCUT2D eigenvalue weighted by molar-refractivity contribution is 5.71. The van der Waals surface area contributed by atoms with Gasteiger partial charge < -0.3 is 9.84 Å². The summed E-state index contributed by atoms with van der Waals surface area (Å²) in [5.74, 6) is -0.214. The molecule has 0 aromatic carbocycles. The molecular formula is C10H19NO3. The van der Waals surface area contributed by atoms with Gasteiger partial charge in [-0.05, 0) is 33.2 Å². The standard InChI is InChI=1S/C10H19NO3/c1-3-14-10(13)7-11(2)8-5-4-6-9(8)12/h8-9,12H,3-7H2,1-2H3. The topological polar surface area (TPSA) is 49.8 Å². The third-order valence-corrected chi connectivity index (χ3v) is 2.69. The molecule has 1 rings (SSSR count). The van der Waals surface area contributed by atoms with Crippen molar-refractivity contribution in [2.75, 3.05) is 20.2 Å². The van der Waals surface area contributed by atoms with Gasteiger partial charge in [-0.25, -0.2) is 0 Å². The van der Waals surface area contributed by atoms with Crippen LogP contribution >= 0.6 is 0 Å². The molecule has 4 heteroatoms. The lowest BCUT2D eigenvalue weighted by atomic mass is 10.2. The van der Waals surface area contributed by atoms with E-state index in [1.165, 1.54) is 0 Å². The number of esters is 1. The summed E-state index contributed by atoms with van der Waals surface area (Å²) in [6, 6.07) is 0.124. The van der Waals surface area contributed by atoms with Gasteiger partial charge >= 0.3 is 5.97 Å². The molecule has 0 aromatic heterocycles. The molecule has 2 unspecified atom stereocenters. The van der Waals surface area contributed by atoms with E-state index in [1.807, 2.05) is 11.9 Å². The molecule has 1 N–H and O–H groups in total. The van der Waals surface area contributed by atoms with Crippen molar-refractivity contribution in [2.24, 2.45) is 0 Å². The number of aliphatic hydroxyl groups is 1. The van der Waals surface area contributed by atoms with Crippen molar-refractivity contribution in [1.82, 2.24) is 4.90 Å². The Morgan fingerprint density at radius 1 is 1.57 bits per heavy atom. The van der Waals surface area contributed by atoms with Gasteiger partial charge in [0.2, 0.25) is 0 Å². The van der Waals surface area contributed by atoms with Crippen LogP contribution in [0.1, 0.15) is 26.2 Å². The lowest BCUT2D eigenvalue weighted by Crippen LogP contribution is -2.40. The summed E-state index contributed by atoms with van der Waals surface area (Å²) in [5, 5.41) is 9.61. The summed E-state index contributed by atoms with van der Waals surface area (Å²) < 4.78 is 4.85. The number of nitrogens with zero attached hydrogens (tertiary/aromatic N) is 1. The maximum Gasteiger partial charge on any atom is 0.320 e. The first-order valence-electron chi connectivity index (χ1n) is 5.19. The Labute approximate surface area is 84.8 Å². The average Bonchev–Trinajstić information content (AvgIpc) is 2.51. The van der Waals surface area contributed by atoms with E-state index in [-0.39, 0.29) is 24.7 Å². The van der Waals surface area contributed by atoms with Crippen LogP contribution in [0.3, 0.4) is 0 Å². The van der Waals surface area contributed by atoms with Crippen LogP contribution < -0.4 is 0 Å². The molecule has 0 radical (unpaired) electrons. The number of carbonyl (C=O) groups is 1. The third kappa shape index (κ3) is 2.96. The predicted octanol–water partition coefficient (Wildman–Crippen LogP) is 0.395. The fourth-order valence-electron chi connectivity index (χ4n) is 1.96. The molecule has 0 bridgehead atoms. The zero-order chi connectivity index (χ0) is 10.6. The van der Waals surface area contributed by atoms with Gasteiger partial charge in [-0.15, -0.1) is 0 Å². The SMILES string of the molecule is CCOC(=O)CN(C)C1CCCC1O. The minimum Gasteiger partial charge on any atom is -0.465 e. The van der Waals surface area contributed by atoms with Gasteiger partial charge in [0.05, 0.1) is 19.3 Å². The molecule has 1 fully saturated rings. The first kappa shape index (κ1) is 11.5. The van der Waals surface area contributed by atoms with Crippen molar-refractivity contribution in [2.45, 2.75) is 38.3 Å². The van der Waals surface area contributed by atoms with E-state index in [9.17, 15) is 9.90 Å². The molecular weight excluding hydrogens is 182 g/mol. The Bertz CT molecular complexity index is 196. The second kappa shape index (κ2) is 5.32. The Morgan fingerprint density at radius 2 is 2.29 bits per heavy atom. The molecule has 1 aliphatic carbocycles. The molecule has 1 saturated carbocycles. The molecule has 82 valence electrons. The van der Waals surface area contributed by atoms with Gasteiger partial charge in [-0.2, -0.15) is 0 Å². The van der Waals surface area contributed by atoms with Crippen molar-refractivity contribution < 1.29 is 14.6 Å². The maximum absolute atomic E-state index is 11.2. The van der Waals surface area contributed by atoms with Gasteiger partial charge in [0.25, 0.3) is 0 Å². The first-order chi connectivity index (χ1) is 6.65. The van der Waals surface area contributed by atoms with Crippen molar-refractivity contribution in [3.63, 3.8) is 0 Å². The van der Waals surface area contributed by atoms with E-state index in [2.05, 4.69) is 0 Å². The molecule has 0 aliphatic heterocycles. The van der Waals surface area contributed by atoms with Crippen molar-refractivity contribution in [3.05, 3.63) is 0 Å². The third-order valence-electron chi connectivity index (χ3n) is 2.69. The first-order valence-corrected chi connectivity index (χ1v) is 5.19. The van der Waals surface area contributed by atoms with Crippen LogP contribution in [0, 0.1) is 0 Å². The van der Waals surface area contributed by atoms with Crippen molar-refractivity contribution in [3.8, 4) is 0 Å². The summed E-state index contributed by atoms with van der Waals surface area (Å²) in [6.45, 7) is 2.48. The monoisotopic (exact) mass is 201 g/mol. The molecule has 0 spiro atoms. The van der Waals surface area contributed by atoms with Crippen LogP contribution in [0.5, 0.6) is 0 Å². The maximum atomic E-state index is 11.2. The molecule has 4 nitrogen and oxygen atoms in total. The van der Waals surface area contributed by atoms with E-state index >= 15 is 0 Å². The fraction of sp³-hybridized carbons (Fsp3) is 0.900. The Kier molecular flexibility index (Phi) is 4.35. The summed E-state index contributed by atoms with van der Waals surface area (Å²) in [4.78, 5) is 13.1. The highest BCUT2D eigenvalue weighted by atomic mass is 16.5. The van der Waals surface area contributed by atoms with Crippen LogP contribution in [-0.4, -0.2) is 48.3 Å². The second-order valence-corrected chi connectivity index (χ2v) is 3.79. The zero-order valence-electron chi connectivity index (χ0n) is 8.90. The highest BCUT2D eigenvalue weighted by Gasteiger charge is 2.29. The fourth-order valence-corrected chi connectivity index (χ4v) is 1.96. The molecule has 0 saturated heterocycles. The van der Waals surface area contributed by atoms with Crippen LogP contribution in [0.4, 0.5) is 0 Å². The van der Waals surface area contributed by atoms with Crippen LogP contribution in [-0.2, 0) is 9.53 Å². The van der Waals surface area contributed by atoms with Crippen molar-refractivity contribution >= 4 is 5.97 Å². The lowest BCUT2D eigenvalue weighted by molar-refractivity contribution is -0.145. The number of likely N-dealkylation sites (N-methyl/N-ethyl adjacent to an activating group) is 1. The van der Waals surface area contributed by atoms with Crippen molar-refractivity contribution in [1.29, 1.82) is 0 Å². The smallest absolute Gasteiger partial charge is 0.320 e. The predicted molar refractivity (Wildman–Crippen MR) is 52.9 cm³/mol. The molecule has 0 heterocycles. The lowest BCUT2D eigenvalue weighted by Gasteiger charge is -2.25. The molecule has 0 amide bonds. The number of carbonyl (C=O) groups excluding carboxylic acids is 1. The molecule has 14 heavy (non-hydrogen) atoms. The van der Waals surface area contributed by atoms with E-state index in [0.29, 0.717) is 6.61 Å². The minimum atomic E-state index is -0.283. The molecule has 0 aromatic rings. The second-order valence-electron chi connectivity index (χ2n) is 3.79. The van der Waals surface area contributed by atoms with E-state index in [0.717, 1.165) is 19.3 Å². The van der Waals surface area contributed by atoms with Crippen LogP contribution in [0.25, 0.3) is 0 Å². The summed E-state index contributed by atoms with van der Waals surface area (Å²) in [6.07, 6.45) is 2.57. The minimum absolute atomic E-state index is 0.124. The average molecular weight is 201 g/mol. The van der Waals surface area contributed by atoms with Crippen LogP contribution in [0.15, 0.2) is 0 Å². The molecule has 2 atom stereocenters. The number of rotatable bonds is 4. The molecule has 1 aliphatic rings. The van der Waals surface area contributed by atoms with Crippen LogP contribution in [0.2, 0.25) is 0 Å². The Balaban J connectivity index is 2.33. The van der Waals surface area contributed by atoms with Gasteiger partial charge in [-0.3, -0.25) is 9.69 Å². The quantitative estimate of drug-likeness (QED) is 0.669. The van der Waals surface area contributed by atoms with Gasteiger partial charge in [0.1, 0.15) is 0 Å². The highest BCUT2D eigenvalue weighted by Crippen LogP contribution is 2.22. The van der Waals surface area contributed by atoms with E-state index in [4.69, 9.17) is 4.74 Å². The van der Waals surface area contributed by atoms with Gasteiger partial charge in [-0.1, -0.05) is 0 Å². The summed E-state index contributed by atoms with van der Waals surface area (Å²) in [5.41, 5.74) is 0. The Morgan fingerprint density at radius 3 is 2.79 bits per heavy atom. The number of aliphatic hydroxyl groups excluding tert-OH is 1. The Hall–Kier alpha value is -0.610. The van der Waals surface area contributed by atoms with Gasteiger partial charge in [0, 0.05) is 6.04 Å². The summed E-state index contributed by atoms with van der Waals surface area (Å²) in [7, 11) is 1.86. The summed E-state index contributed by atoms with van der Waals surface area (Å²) >= 11 is 0. The largest absolute Gasteiger partial charge is 0.465 e. The number of hydrogen-bond donors (Lipinski definition) is 1. The number of ether oxygens (including phenoxy) is 1. The number of hydrogen-bond acceptors (Lipinski definition) is 4.